The van der Waals surface area contributed by atoms with Crippen LogP contribution >= 0.6 is 0 Å². The van der Waals surface area contributed by atoms with Gasteiger partial charge >= 0.3 is 0 Å². The molecule has 0 saturated carbocycles. The second-order valence-corrected chi connectivity index (χ2v) is 7.69. The number of rotatable bonds is 5. The molecule has 1 fully saturated rings. The van der Waals surface area contributed by atoms with Crippen LogP contribution < -0.4 is 5.32 Å². The number of halogens is 2. The Morgan fingerprint density at radius 1 is 0.871 bits per heavy atom. The monoisotopic (exact) mass is 420 g/mol. The normalized spacial score (nSPS) is 18.1. The third kappa shape index (κ3) is 4.79. The van der Waals surface area contributed by atoms with E-state index >= 15 is 0 Å². The minimum atomic E-state index is -0.519. The van der Waals surface area contributed by atoms with E-state index in [0.717, 1.165) is 5.56 Å². The van der Waals surface area contributed by atoms with Crippen LogP contribution in [0.3, 0.4) is 0 Å². The van der Waals surface area contributed by atoms with Crippen LogP contribution in [0, 0.1) is 17.6 Å². The summed E-state index contributed by atoms with van der Waals surface area (Å²) in [4.78, 5) is 27.6. The molecular weight excluding hydrogens is 398 g/mol. The lowest BCUT2D eigenvalue weighted by atomic mass is 9.88. The number of hydrogen-bond acceptors (Lipinski definition) is 2. The smallest absolute Gasteiger partial charge is 0.253 e. The zero-order chi connectivity index (χ0) is 21.8. The van der Waals surface area contributed by atoms with Gasteiger partial charge in [-0.1, -0.05) is 42.5 Å². The molecule has 3 aromatic carbocycles. The Labute approximate surface area is 179 Å². The number of amides is 2. The zero-order valence-corrected chi connectivity index (χ0v) is 16.8. The molecule has 1 N–H and O–H groups in total. The van der Waals surface area contributed by atoms with Gasteiger partial charge in [0.05, 0.1) is 5.92 Å². The molecule has 1 heterocycles. The maximum Gasteiger partial charge on any atom is 0.253 e. The summed E-state index contributed by atoms with van der Waals surface area (Å²) in [7, 11) is 0. The maximum atomic E-state index is 13.9. The van der Waals surface area contributed by atoms with Crippen molar-refractivity contribution in [2.75, 3.05) is 13.1 Å². The Bertz CT molecular complexity index is 1070. The summed E-state index contributed by atoms with van der Waals surface area (Å²) in [5, 5.41) is 2.94. The Hall–Kier alpha value is -3.54. The molecule has 0 aromatic heterocycles. The molecule has 1 saturated heterocycles. The fourth-order valence-corrected chi connectivity index (χ4v) is 4.00. The highest BCUT2D eigenvalue weighted by atomic mass is 19.1. The van der Waals surface area contributed by atoms with Crippen molar-refractivity contribution in [2.24, 2.45) is 5.92 Å². The molecule has 0 spiro atoms. The van der Waals surface area contributed by atoms with Crippen molar-refractivity contribution in [3.05, 3.63) is 107 Å². The van der Waals surface area contributed by atoms with E-state index in [4.69, 9.17) is 0 Å². The molecule has 3 aromatic rings. The summed E-state index contributed by atoms with van der Waals surface area (Å²) in [6, 6.07) is 21.0. The molecule has 31 heavy (non-hydrogen) atoms. The molecule has 0 radical (unpaired) electrons. The molecule has 1 aliphatic rings. The van der Waals surface area contributed by atoms with E-state index < -0.39 is 11.7 Å². The average Bonchev–Trinajstić information content (AvgIpc) is 3.24. The first-order valence-electron chi connectivity index (χ1n) is 10.1. The predicted octanol–water partition coefficient (Wildman–Crippen LogP) is 4.14. The summed E-state index contributed by atoms with van der Waals surface area (Å²) in [6.45, 7) is 0.860. The van der Waals surface area contributed by atoms with Crippen LogP contribution in [-0.4, -0.2) is 29.8 Å². The van der Waals surface area contributed by atoms with E-state index in [1.165, 1.54) is 36.4 Å². The lowest BCUT2D eigenvalue weighted by molar-refractivity contribution is -0.125. The van der Waals surface area contributed by atoms with Crippen molar-refractivity contribution in [3.63, 3.8) is 0 Å². The van der Waals surface area contributed by atoms with Crippen molar-refractivity contribution in [1.82, 2.24) is 10.2 Å². The summed E-state index contributed by atoms with van der Waals surface area (Å²) in [6.07, 6.45) is 0. The molecule has 6 heteroatoms. The highest BCUT2D eigenvalue weighted by Crippen LogP contribution is 2.34. The molecular formula is C25H22F2N2O2. The first kappa shape index (κ1) is 20.7. The van der Waals surface area contributed by atoms with Gasteiger partial charge in [0.2, 0.25) is 5.91 Å². The second kappa shape index (κ2) is 9.08. The lowest BCUT2D eigenvalue weighted by Crippen LogP contribution is -2.35. The maximum absolute atomic E-state index is 13.9. The van der Waals surface area contributed by atoms with Gasteiger partial charge in [-0.25, -0.2) is 8.78 Å². The van der Waals surface area contributed by atoms with Crippen LogP contribution in [0.4, 0.5) is 8.78 Å². The minimum Gasteiger partial charge on any atom is -0.352 e. The number of nitrogens with one attached hydrogen (secondary N) is 1. The number of benzene rings is 3. The number of carbonyl (C=O) groups is 2. The van der Waals surface area contributed by atoms with Gasteiger partial charge in [-0.15, -0.1) is 0 Å². The Balaban J connectivity index is 1.55. The van der Waals surface area contributed by atoms with Gasteiger partial charge in [-0.3, -0.25) is 9.59 Å². The van der Waals surface area contributed by atoms with Crippen LogP contribution in [0.1, 0.15) is 27.4 Å². The van der Waals surface area contributed by atoms with Crippen molar-refractivity contribution >= 4 is 11.8 Å². The fourth-order valence-electron chi connectivity index (χ4n) is 4.00. The van der Waals surface area contributed by atoms with Gasteiger partial charge in [0.15, 0.2) is 0 Å². The molecule has 1 aliphatic heterocycles. The van der Waals surface area contributed by atoms with E-state index in [2.05, 4.69) is 5.32 Å². The summed E-state index contributed by atoms with van der Waals surface area (Å²) in [5.74, 6) is -2.13. The highest BCUT2D eigenvalue weighted by molar-refractivity contribution is 5.95. The molecule has 0 aliphatic carbocycles. The largest absolute Gasteiger partial charge is 0.352 e. The Kier molecular flexibility index (Phi) is 6.07. The molecule has 158 valence electrons. The van der Waals surface area contributed by atoms with Crippen LogP contribution in [0.25, 0.3) is 0 Å². The van der Waals surface area contributed by atoms with Gasteiger partial charge in [0, 0.05) is 31.1 Å². The van der Waals surface area contributed by atoms with Crippen LogP contribution in [0.15, 0.2) is 78.9 Å². The van der Waals surface area contributed by atoms with Gasteiger partial charge in [0.25, 0.3) is 5.91 Å². The molecule has 4 rings (SSSR count). The van der Waals surface area contributed by atoms with Crippen molar-refractivity contribution < 1.29 is 18.4 Å². The lowest BCUT2D eigenvalue weighted by Gasteiger charge is -2.18. The van der Waals surface area contributed by atoms with E-state index in [1.807, 2.05) is 30.3 Å². The van der Waals surface area contributed by atoms with Crippen molar-refractivity contribution in [2.45, 2.75) is 12.5 Å². The van der Waals surface area contributed by atoms with Gasteiger partial charge in [0.1, 0.15) is 11.6 Å². The van der Waals surface area contributed by atoms with Crippen molar-refractivity contribution in [3.8, 4) is 0 Å². The van der Waals surface area contributed by atoms with E-state index in [0.29, 0.717) is 17.7 Å². The Morgan fingerprint density at radius 3 is 2.32 bits per heavy atom. The van der Waals surface area contributed by atoms with E-state index in [-0.39, 0.29) is 36.6 Å². The quantitative estimate of drug-likeness (QED) is 0.675. The molecule has 0 unspecified atom stereocenters. The fraction of sp³-hybridized carbons (Fsp3) is 0.200. The highest BCUT2D eigenvalue weighted by Gasteiger charge is 2.40. The van der Waals surface area contributed by atoms with Gasteiger partial charge < -0.3 is 10.2 Å². The summed E-state index contributed by atoms with van der Waals surface area (Å²) < 4.78 is 27.1. The zero-order valence-electron chi connectivity index (χ0n) is 16.8. The summed E-state index contributed by atoms with van der Waals surface area (Å²) >= 11 is 0. The van der Waals surface area contributed by atoms with Crippen LogP contribution in [-0.2, 0) is 11.3 Å². The first-order chi connectivity index (χ1) is 15.0. The molecule has 0 bridgehead atoms. The minimum absolute atomic E-state index is 0.187. The van der Waals surface area contributed by atoms with Gasteiger partial charge in [-0.05, 0) is 47.5 Å². The van der Waals surface area contributed by atoms with E-state index in [1.54, 1.807) is 17.0 Å². The standard InChI is InChI=1S/C25H22F2N2O2/c26-20-11-9-18(10-12-20)25(31)29-15-22(19-7-4-8-21(27)13-19)23(16-29)24(30)28-14-17-5-2-1-3-6-17/h1-13,22-23H,14-16H2,(H,28,30)/t22-,23-/m0/s1. The third-order valence-corrected chi connectivity index (χ3v) is 5.62. The number of carbonyl (C=O) groups excluding carboxylic acids is 2. The third-order valence-electron chi connectivity index (χ3n) is 5.62. The summed E-state index contributed by atoms with van der Waals surface area (Å²) in [5.41, 5.74) is 1.99. The van der Waals surface area contributed by atoms with Crippen LogP contribution in [0.5, 0.6) is 0 Å². The SMILES string of the molecule is O=C(NCc1ccccc1)[C@H]1CN(C(=O)c2ccc(F)cc2)C[C@H]1c1cccc(F)c1. The van der Waals surface area contributed by atoms with Crippen molar-refractivity contribution in [1.29, 1.82) is 0 Å². The number of hydrogen-bond donors (Lipinski definition) is 1. The number of likely N-dealkylation sites (tertiary alicyclic amines) is 1. The second-order valence-electron chi connectivity index (χ2n) is 7.69. The van der Waals surface area contributed by atoms with Crippen LogP contribution in [0.2, 0.25) is 0 Å². The molecule has 2 atom stereocenters. The first-order valence-corrected chi connectivity index (χ1v) is 10.1. The predicted molar refractivity (Wildman–Crippen MR) is 113 cm³/mol. The molecule has 2 amide bonds. The van der Waals surface area contributed by atoms with Gasteiger partial charge in [-0.2, -0.15) is 0 Å². The topological polar surface area (TPSA) is 49.4 Å². The number of nitrogens with zero attached hydrogens (tertiary/aromatic N) is 1. The Morgan fingerprint density at radius 2 is 1.61 bits per heavy atom. The average molecular weight is 420 g/mol. The van der Waals surface area contributed by atoms with E-state index in [9.17, 15) is 18.4 Å². The molecule has 4 nitrogen and oxygen atoms in total.